The molecule has 1 unspecified atom stereocenters. The van der Waals surface area contributed by atoms with E-state index in [4.69, 9.17) is 17.3 Å². The number of hydrogen-bond acceptors (Lipinski definition) is 4. The van der Waals surface area contributed by atoms with E-state index in [0.717, 1.165) is 5.65 Å². The van der Waals surface area contributed by atoms with Gasteiger partial charge in [0.2, 0.25) is 5.95 Å². The summed E-state index contributed by atoms with van der Waals surface area (Å²) in [6.07, 6.45) is 1.72. The molecule has 2 heterocycles. The maximum Gasteiger partial charge on any atom is 0.243 e. The molecule has 0 fully saturated rings. The molecule has 2 aromatic rings. The second kappa shape index (κ2) is 4.89. The molecule has 1 atom stereocenters. The van der Waals surface area contributed by atoms with E-state index in [1.807, 2.05) is 6.07 Å². The van der Waals surface area contributed by atoms with Crippen molar-refractivity contribution in [2.24, 2.45) is 11.7 Å². The van der Waals surface area contributed by atoms with Crippen LogP contribution in [0.5, 0.6) is 0 Å². The number of halogens is 1. The predicted molar refractivity (Wildman–Crippen MR) is 69.3 cm³/mol. The number of aromatic nitrogens is 3. The Labute approximate surface area is 105 Å². The number of nitrogens with zero attached hydrogens (tertiary/aromatic N) is 3. The fourth-order valence-electron chi connectivity index (χ4n) is 1.58. The van der Waals surface area contributed by atoms with Crippen LogP contribution in [0.15, 0.2) is 18.3 Å². The average molecular weight is 254 g/mol. The van der Waals surface area contributed by atoms with Gasteiger partial charge in [0.1, 0.15) is 0 Å². The highest BCUT2D eigenvalue weighted by molar-refractivity contribution is 6.30. The van der Waals surface area contributed by atoms with Crippen LogP contribution in [0.1, 0.15) is 13.8 Å². The third-order valence-electron chi connectivity index (χ3n) is 2.67. The number of anilines is 1. The zero-order valence-corrected chi connectivity index (χ0v) is 10.6. The SMILES string of the molecule is CC(C)C(CN)Nc1nc2ccc(Cl)cn2n1. The van der Waals surface area contributed by atoms with Crippen LogP contribution in [0, 0.1) is 5.92 Å². The van der Waals surface area contributed by atoms with Crippen LogP contribution in [0.25, 0.3) is 5.65 Å². The van der Waals surface area contributed by atoms with Gasteiger partial charge in [-0.05, 0) is 18.1 Å². The maximum atomic E-state index is 5.88. The van der Waals surface area contributed by atoms with E-state index in [2.05, 4.69) is 29.2 Å². The highest BCUT2D eigenvalue weighted by Crippen LogP contribution is 2.13. The van der Waals surface area contributed by atoms with Crippen LogP contribution in [0.4, 0.5) is 5.95 Å². The lowest BCUT2D eigenvalue weighted by molar-refractivity contribution is 0.528. The fourth-order valence-corrected chi connectivity index (χ4v) is 1.74. The molecular weight excluding hydrogens is 238 g/mol. The lowest BCUT2D eigenvalue weighted by Crippen LogP contribution is -2.34. The summed E-state index contributed by atoms with van der Waals surface area (Å²) in [5.74, 6) is 1.01. The van der Waals surface area contributed by atoms with Crippen molar-refractivity contribution >= 4 is 23.2 Å². The number of hydrogen-bond donors (Lipinski definition) is 2. The number of pyridine rings is 1. The van der Waals surface area contributed by atoms with Crippen molar-refractivity contribution in [3.8, 4) is 0 Å². The average Bonchev–Trinajstić information content (AvgIpc) is 2.66. The normalized spacial score (nSPS) is 13.2. The van der Waals surface area contributed by atoms with Crippen molar-refractivity contribution in [1.29, 1.82) is 0 Å². The minimum Gasteiger partial charge on any atom is -0.349 e. The third-order valence-corrected chi connectivity index (χ3v) is 2.89. The zero-order chi connectivity index (χ0) is 12.4. The van der Waals surface area contributed by atoms with E-state index in [0.29, 0.717) is 23.4 Å². The van der Waals surface area contributed by atoms with Crippen molar-refractivity contribution in [2.45, 2.75) is 19.9 Å². The maximum absolute atomic E-state index is 5.88. The summed E-state index contributed by atoms with van der Waals surface area (Å²) >= 11 is 5.88. The van der Waals surface area contributed by atoms with Gasteiger partial charge in [-0.25, -0.2) is 4.52 Å². The Kier molecular flexibility index (Phi) is 3.49. The van der Waals surface area contributed by atoms with Crippen molar-refractivity contribution in [2.75, 3.05) is 11.9 Å². The van der Waals surface area contributed by atoms with Crippen LogP contribution in [0.3, 0.4) is 0 Å². The second-order valence-electron chi connectivity index (χ2n) is 4.32. The third kappa shape index (κ3) is 2.68. The molecule has 0 aliphatic carbocycles. The van der Waals surface area contributed by atoms with E-state index >= 15 is 0 Å². The van der Waals surface area contributed by atoms with E-state index in [1.165, 1.54) is 0 Å². The van der Waals surface area contributed by atoms with Crippen molar-refractivity contribution < 1.29 is 0 Å². The summed E-state index contributed by atoms with van der Waals surface area (Å²) in [7, 11) is 0. The summed E-state index contributed by atoms with van der Waals surface area (Å²) in [4.78, 5) is 4.35. The minimum atomic E-state index is 0.169. The first-order chi connectivity index (χ1) is 8.10. The van der Waals surface area contributed by atoms with Gasteiger partial charge in [0, 0.05) is 18.8 Å². The van der Waals surface area contributed by atoms with Crippen molar-refractivity contribution in [3.05, 3.63) is 23.4 Å². The molecule has 2 rings (SSSR count). The molecule has 17 heavy (non-hydrogen) atoms. The quantitative estimate of drug-likeness (QED) is 0.872. The van der Waals surface area contributed by atoms with Crippen molar-refractivity contribution in [3.63, 3.8) is 0 Å². The first-order valence-corrected chi connectivity index (χ1v) is 5.96. The summed E-state index contributed by atoms with van der Waals surface area (Å²) in [6.45, 7) is 4.77. The Hall–Kier alpha value is -1.33. The van der Waals surface area contributed by atoms with Crippen LogP contribution in [-0.2, 0) is 0 Å². The van der Waals surface area contributed by atoms with Gasteiger partial charge in [-0.15, -0.1) is 5.10 Å². The largest absolute Gasteiger partial charge is 0.349 e. The number of rotatable bonds is 4. The van der Waals surface area contributed by atoms with Crippen LogP contribution in [0.2, 0.25) is 5.02 Å². The summed E-state index contributed by atoms with van der Waals surface area (Å²) in [5, 5.41) is 8.16. The minimum absolute atomic E-state index is 0.169. The van der Waals surface area contributed by atoms with E-state index in [9.17, 15) is 0 Å². The lowest BCUT2D eigenvalue weighted by atomic mass is 10.1. The van der Waals surface area contributed by atoms with E-state index in [-0.39, 0.29) is 6.04 Å². The first kappa shape index (κ1) is 12.1. The molecule has 3 N–H and O–H groups in total. The van der Waals surface area contributed by atoms with Gasteiger partial charge < -0.3 is 11.1 Å². The molecule has 0 aliphatic rings. The van der Waals surface area contributed by atoms with Crippen LogP contribution >= 0.6 is 11.6 Å². The second-order valence-corrected chi connectivity index (χ2v) is 4.75. The standard InChI is InChI=1S/C11H16ClN5/c1-7(2)9(5-13)14-11-15-10-4-3-8(12)6-17(10)16-11/h3-4,6-7,9H,5,13H2,1-2H3,(H,14,16). The van der Waals surface area contributed by atoms with Gasteiger partial charge >= 0.3 is 0 Å². The molecule has 92 valence electrons. The predicted octanol–water partition coefficient (Wildman–Crippen LogP) is 1.78. The van der Waals surface area contributed by atoms with Gasteiger partial charge in [-0.3, -0.25) is 0 Å². The molecule has 2 aromatic heterocycles. The number of fused-ring (bicyclic) bond motifs is 1. The highest BCUT2D eigenvalue weighted by Gasteiger charge is 2.13. The summed E-state index contributed by atoms with van der Waals surface area (Å²) in [6, 6.07) is 3.79. The molecule has 0 radical (unpaired) electrons. The lowest BCUT2D eigenvalue weighted by Gasteiger charge is -2.18. The Morgan fingerprint density at radius 2 is 2.24 bits per heavy atom. The molecule has 0 aromatic carbocycles. The van der Waals surface area contributed by atoms with E-state index < -0.39 is 0 Å². The summed E-state index contributed by atoms with van der Waals surface area (Å²) in [5.41, 5.74) is 6.45. The van der Waals surface area contributed by atoms with Gasteiger partial charge in [-0.1, -0.05) is 25.4 Å². The van der Waals surface area contributed by atoms with Crippen LogP contribution in [-0.4, -0.2) is 27.2 Å². The molecule has 0 saturated heterocycles. The Morgan fingerprint density at radius 3 is 2.88 bits per heavy atom. The Morgan fingerprint density at radius 1 is 1.47 bits per heavy atom. The monoisotopic (exact) mass is 253 g/mol. The number of nitrogens with two attached hydrogens (primary N) is 1. The molecule has 0 bridgehead atoms. The topological polar surface area (TPSA) is 68.2 Å². The molecule has 6 heteroatoms. The van der Waals surface area contributed by atoms with Gasteiger partial charge in [0.05, 0.1) is 5.02 Å². The van der Waals surface area contributed by atoms with Gasteiger partial charge in [0.25, 0.3) is 0 Å². The van der Waals surface area contributed by atoms with Crippen LogP contribution < -0.4 is 11.1 Å². The van der Waals surface area contributed by atoms with Crippen molar-refractivity contribution in [1.82, 2.24) is 14.6 Å². The first-order valence-electron chi connectivity index (χ1n) is 5.58. The van der Waals surface area contributed by atoms with E-state index in [1.54, 1.807) is 16.8 Å². The zero-order valence-electron chi connectivity index (χ0n) is 9.89. The molecule has 5 nitrogen and oxygen atoms in total. The molecule has 0 spiro atoms. The fraction of sp³-hybridized carbons (Fsp3) is 0.455. The van der Waals surface area contributed by atoms with Gasteiger partial charge in [-0.2, -0.15) is 4.98 Å². The van der Waals surface area contributed by atoms with Gasteiger partial charge in [0.15, 0.2) is 5.65 Å². The smallest absolute Gasteiger partial charge is 0.243 e. The molecule has 0 aliphatic heterocycles. The number of nitrogens with one attached hydrogen (secondary N) is 1. The Balaban J connectivity index is 2.24. The molecular formula is C11H16ClN5. The molecule has 0 saturated carbocycles. The summed E-state index contributed by atoms with van der Waals surface area (Å²) < 4.78 is 1.65. The highest BCUT2D eigenvalue weighted by atomic mass is 35.5. The Bertz CT molecular complexity index is 508. The molecule has 0 amide bonds.